The van der Waals surface area contributed by atoms with Crippen LogP contribution in [0.2, 0.25) is 0 Å². The van der Waals surface area contributed by atoms with E-state index in [1.807, 2.05) is 12.3 Å². The van der Waals surface area contributed by atoms with E-state index in [0.717, 1.165) is 24.5 Å². The SMILES string of the molecule is Cc1c(-c2ccnc(NC3CC(C)(C)NC(C)(C)C3)n2)sc2ccccc12. The molecule has 0 radical (unpaired) electrons. The molecule has 27 heavy (non-hydrogen) atoms. The fourth-order valence-corrected chi connectivity index (χ4v) is 5.76. The zero-order chi connectivity index (χ0) is 19.2. The maximum Gasteiger partial charge on any atom is 0.223 e. The molecule has 4 nitrogen and oxygen atoms in total. The number of benzene rings is 1. The second-order valence-corrected chi connectivity index (χ2v) is 10.0. The molecule has 0 spiro atoms. The van der Waals surface area contributed by atoms with Gasteiger partial charge in [0.2, 0.25) is 5.95 Å². The first-order valence-corrected chi connectivity index (χ1v) is 10.4. The van der Waals surface area contributed by atoms with E-state index in [2.05, 4.69) is 74.5 Å². The lowest BCUT2D eigenvalue weighted by Gasteiger charge is -2.46. The normalized spacial score (nSPS) is 19.3. The Morgan fingerprint density at radius 1 is 1.07 bits per heavy atom. The Labute approximate surface area is 165 Å². The van der Waals surface area contributed by atoms with Gasteiger partial charge >= 0.3 is 0 Å². The monoisotopic (exact) mass is 380 g/mol. The highest BCUT2D eigenvalue weighted by Crippen LogP contribution is 2.37. The maximum atomic E-state index is 4.86. The summed E-state index contributed by atoms with van der Waals surface area (Å²) in [5.41, 5.74) is 2.49. The molecule has 1 saturated heterocycles. The topological polar surface area (TPSA) is 49.8 Å². The number of thiophene rings is 1. The Kier molecular flexibility index (Phi) is 4.47. The minimum atomic E-state index is 0.0963. The third-order valence-electron chi connectivity index (χ3n) is 5.26. The Morgan fingerprint density at radius 2 is 1.78 bits per heavy atom. The highest BCUT2D eigenvalue weighted by Gasteiger charge is 2.37. The number of anilines is 1. The molecule has 5 heteroatoms. The summed E-state index contributed by atoms with van der Waals surface area (Å²) in [6.07, 6.45) is 3.96. The van der Waals surface area contributed by atoms with Gasteiger partial charge in [-0.1, -0.05) is 18.2 Å². The van der Waals surface area contributed by atoms with Gasteiger partial charge in [-0.05, 0) is 70.5 Å². The molecule has 3 heterocycles. The molecule has 2 aromatic heterocycles. The summed E-state index contributed by atoms with van der Waals surface area (Å²) in [6, 6.07) is 10.9. The molecular formula is C22H28N4S. The number of hydrogen-bond acceptors (Lipinski definition) is 5. The second kappa shape index (κ2) is 6.57. The smallest absolute Gasteiger partial charge is 0.223 e. The van der Waals surface area contributed by atoms with Crippen LogP contribution in [0.15, 0.2) is 36.5 Å². The average molecular weight is 381 g/mol. The van der Waals surface area contributed by atoms with Gasteiger partial charge in [-0.25, -0.2) is 9.97 Å². The molecule has 0 unspecified atom stereocenters. The van der Waals surface area contributed by atoms with Crippen molar-refractivity contribution in [3.8, 4) is 10.6 Å². The summed E-state index contributed by atoms with van der Waals surface area (Å²) < 4.78 is 1.31. The molecule has 2 N–H and O–H groups in total. The third kappa shape index (κ3) is 3.85. The molecule has 0 saturated carbocycles. The molecule has 1 aliphatic rings. The van der Waals surface area contributed by atoms with Gasteiger partial charge in [-0.3, -0.25) is 0 Å². The molecule has 0 bridgehead atoms. The predicted molar refractivity (Wildman–Crippen MR) is 116 cm³/mol. The lowest BCUT2D eigenvalue weighted by molar-refractivity contribution is 0.170. The second-order valence-electron chi connectivity index (χ2n) is 8.96. The summed E-state index contributed by atoms with van der Waals surface area (Å²) in [4.78, 5) is 10.6. The van der Waals surface area contributed by atoms with E-state index in [1.165, 1.54) is 20.5 Å². The van der Waals surface area contributed by atoms with E-state index in [4.69, 9.17) is 4.98 Å². The Morgan fingerprint density at radius 3 is 2.48 bits per heavy atom. The van der Waals surface area contributed by atoms with Crippen LogP contribution in [-0.2, 0) is 0 Å². The zero-order valence-electron chi connectivity index (χ0n) is 16.8. The van der Waals surface area contributed by atoms with Crippen molar-refractivity contribution in [2.24, 2.45) is 0 Å². The zero-order valence-corrected chi connectivity index (χ0v) is 17.6. The van der Waals surface area contributed by atoms with Gasteiger partial charge in [0, 0.05) is 28.0 Å². The minimum Gasteiger partial charge on any atom is -0.351 e. The van der Waals surface area contributed by atoms with Crippen LogP contribution in [-0.4, -0.2) is 27.1 Å². The molecule has 142 valence electrons. The van der Waals surface area contributed by atoms with Crippen LogP contribution < -0.4 is 10.6 Å². The van der Waals surface area contributed by atoms with Crippen LogP contribution in [0.25, 0.3) is 20.7 Å². The van der Waals surface area contributed by atoms with Crippen LogP contribution in [0.5, 0.6) is 0 Å². The Hall–Kier alpha value is -1.98. The number of nitrogens with one attached hydrogen (secondary N) is 2. The Bertz CT molecular complexity index is 957. The van der Waals surface area contributed by atoms with Crippen molar-refractivity contribution in [3.63, 3.8) is 0 Å². The lowest BCUT2D eigenvalue weighted by atomic mass is 9.80. The van der Waals surface area contributed by atoms with Crippen molar-refractivity contribution in [3.05, 3.63) is 42.1 Å². The van der Waals surface area contributed by atoms with Crippen molar-refractivity contribution in [2.45, 2.75) is 64.6 Å². The van der Waals surface area contributed by atoms with Crippen molar-refractivity contribution in [2.75, 3.05) is 5.32 Å². The summed E-state index contributed by atoms with van der Waals surface area (Å²) in [5, 5.41) is 8.64. The van der Waals surface area contributed by atoms with Crippen LogP contribution in [0.1, 0.15) is 46.1 Å². The van der Waals surface area contributed by atoms with E-state index >= 15 is 0 Å². The standard InChI is InChI=1S/C22H28N4S/c1-14-16-8-6-7-9-18(16)27-19(14)17-10-11-23-20(25-17)24-15-12-21(2,3)26-22(4,5)13-15/h6-11,15,26H,12-13H2,1-5H3,(H,23,24,25). The van der Waals surface area contributed by atoms with E-state index in [-0.39, 0.29) is 11.1 Å². The molecule has 1 fully saturated rings. The number of aromatic nitrogens is 2. The highest BCUT2D eigenvalue weighted by atomic mass is 32.1. The minimum absolute atomic E-state index is 0.0963. The average Bonchev–Trinajstić information content (AvgIpc) is 2.89. The van der Waals surface area contributed by atoms with E-state index in [1.54, 1.807) is 11.3 Å². The Balaban J connectivity index is 1.62. The number of aryl methyl sites for hydroxylation is 1. The maximum absolute atomic E-state index is 4.86. The molecule has 1 aliphatic heterocycles. The van der Waals surface area contributed by atoms with E-state index in [0.29, 0.717) is 6.04 Å². The van der Waals surface area contributed by atoms with Gasteiger partial charge in [0.05, 0.1) is 10.6 Å². The first-order valence-electron chi connectivity index (χ1n) is 9.60. The molecule has 0 amide bonds. The number of rotatable bonds is 3. The van der Waals surface area contributed by atoms with E-state index in [9.17, 15) is 0 Å². The molecular weight excluding hydrogens is 352 g/mol. The summed E-state index contributed by atoms with van der Waals surface area (Å²) >= 11 is 1.80. The summed E-state index contributed by atoms with van der Waals surface area (Å²) in [7, 11) is 0. The first kappa shape index (κ1) is 18.4. The van der Waals surface area contributed by atoms with Crippen LogP contribution in [0.3, 0.4) is 0 Å². The fourth-order valence-electron chi connectivity index (χ4n) is 4.58. The predicted octanol–water partition coefficient (Wildman–Crippen LogP) is 5.39. The van der Waals surface area contributed by atoms with Crippen molar-refractivity contribution in [1.82, 2.24) is 15.3 Å². The van der Waals surface area contributed by atoms with Gasteiger partial charge in [0.25, 0.3) is 0 Å². The lowest BCUT2D eigenvalue weighted by Crippen LogP contribution is -2.60. The third-order valence-corrected chi connectivity index (χ3v) is 6.55. The van der Waals surface area contributed by atoms with Crippen molar-refractivity contribution < 1.29 is 0 Å². The van der Waals surface area contributed by atoms with Crippen molar-refractivity contribution in [1.29, 1.82) is 0 Å². The van der Waals surface area contributed by atoms with Crippen LogP contribution in [0, 0.1) is 6.92 Å². The molecule has 1 aromatic carbocycles. The number of nitrogens with zero attached hydrogens (tertiary/aromatic N) is 2. The summed E-state index contributed by atoms with van der Waals surface area (Å²) in [6.45, 7) is 11.2. The van der Waals surface area contributed by atoms with Gasteiger partial charge < -0.3 is 10.6 Å². The summed E-state index contributed by atoms with van der Waals surface area (Å²) in [5.74, 6) is 0.725. The van der Waals surface area contributed by atoms with Gasteiger partial charge in [-0.2, -0.15) is 0 Å². The fraction of sp³-hybridized carbons (Fsp3) is 0.455. The first-order chi connectivity index (χ1) is 12.7. The molecule has 0 aliphatic carbocycles. The largest absolute Gasteiger partial charge is 0.351 e. The van der Waals surface area contributed by atoms with Gasteiger partial charge in [-0.15, -0.1) is 11.3 Å². The molecule has 4 rings (SSSR count). The quantitative estimate of drug-likeness (QED) is 0.640. The van der Waals surface area contributed by atoms with Crippen LogP contribution in [0.4, 0.5) is 5.95 Å². The van der Waals surface area contributed by atoms with Gasteiger partial charge in [0.15, 0.2) is 0 Å². The van der Waals surface area contributed by atoms with Crippen molar-refractivity contribution >= 4 is 27.4 Å². The molecule has 0 atom stereocenters. The van der Waals surface area contributed by atoms with Gasteiger partial charge in [0.1, 0.15) is 0 Å². The number of hydrogen-bond donors (Lipinski definition) is 2. The van der Waals surface area contributed by atoms with E-state index < -0.39 is 0 Å². The van der Waals surface area contributed by atoms with Crippen LogP contribution >= 0.6 is 11.3 Å². The number of fused-ring (bicyclic) bond motifs is 1. The highest BCUT2D eigenvalue weighted by molar-refractivity contribution is 7.22. The molecule has 3 aromatic rings. The number of piperidine rings is 1.